The Labute approximate surface area is 83.3 Å². The van der Waals surface area contributed by atoms with E-state index in [1.165, 1.54) is 0 Å². The minimum atomic E-state index is -1.49. The van der Waals surface area contributed by atoms with Crippen LogP contribution in [0.25, 0.3) is 0 Å². The van der Waals surface area contributed by atoms with Crippen LogP contribution in [0, 0.1) is 0 Å². The first kappa shape index (κ1) is 10.7. The largest absolute Gasteiger partial charge is 0.194 e. The lowest BCUT2D eigenvalue weighted by Gasteiger charge is -2.16. The molecule has 6 heteroatoms. The van der Waals surface area contributed by atoms with Crippen molar-refractivity contribution in [2.75, 3.05) is 0 Å². The Bertz CT molecular complexity index is 73.5. The highest BCUT2D eigenvalue weighted by molar-refractivity contribution is 6.72. The third kappa shape index (κ3) is 9.74. The summed E-state index contributed by atoms with van der Waals surface area (Å²) in [5, 5.41) is 0. The lowest BCUT2D eigenvalue weighted by Crippen LogP contribution is -2.14. The second-order valence-corrected chi connectivity index (χ2v) is 6.44. The summed E-state index contributed by atoms with van der Waals surface area (Å²) in [7, 11) is 0. The average molecular weight is 254 g/mol. The maximum Gasteiger partial charge on any atom is 0.194 e. The number of halogens is 6. The molecule has 0 aromatic rings. The second kappa shape index (κ2) is 3.42. The van der Waals surface area contributed by atoms with E-state index in [0.717, 1.165) is 0 Å². The van der Waals surface area contributed by atoms with Crippen molar-refractivity contribution in [1.82, 2.24) is 0 Å². The zero-order valence-electron chi connectivity index (χ0n) is 3.97. The van der Waals surface area contributed by atoms with E-state index in [4.69, 9.17) is 69.6 Å². The first-order valence-corrected chi connectivity index (χ1v) is 4.11. The molecule has 0 atom stereocenters. The maximum atomic E-state index is 5.30. The van der Waals surface area contributed by atoms with Crippen molar-refractivity contribution in [2.24, 2.45) is 0 Å². The fourth-order valence-electron chi connectivity index (χ4n) is 0.227. The van der Waals surface area contributed by atoms with E-state index in [0.29, 0.717) is 0 Å². The quantitative estimate of drug-likeness (QED) is 0.450. The third-order valence-electron chi connectivity index (χ3n) is 0.401. The monoisotopic (exact) mass is 251 g/mol. The molecule has 0 heterocycles. The smallest absolute Gasteiger partial charge is 0.0835 e. The standard InChI is InChI=1S/C3H2Cl6/c4-2(5,6)1-3(7,8)9/h1H2/i1+1,2+1,3+1. The molecule has 0 saturated carbocycles. The van der Waals surface area contributed by atoms with Crippen LogP contribution in [-0.4, -0.2) is 7.59 Å². The van der Waals surface area contributed by atoms with Crippen molar-refractivity contribution in [3.8, 4) is 0 Å². The highest BCUT2D eigenvalue weighted by atomic mass is 35.6. The summed E-state index contributed by atoms with van der Waals surface area (Å²) in [5.41, 5.74) is 0. The first-order chi connectivity index (χ1) is 3.71. The van der Waals surface area contributed by atoms with Crippen LogP contribution in [0.15, 0.2) is 0 Å². The molecule has 9 heavy (non-hydrogen) atoms. The van der Waals surface area contributed by atoms with Gasteiger partial charge in [0.2, 0.25) is 0 Å². The van der Waals surface area contributed by atoms with Gasteiger partial charge in [-0.15, -0.1) is 0 Å². The zero-order valence-corrected chi connectivity index (χ0v) is 8.51. The van der Waals surface area contributed by atoms with E-state index >= 15 is 0 Å². The summed E-state index contributed by atoms with van der Waals surface area (Å²) >= 11 is 31.8. The molecule has 0 N–H and O–H groups in total. The molecule has 0 aliphatic rings. The Morgan fingerprint density at radius 1 is 0.667 bits per heavy atom. The van der Waals surface area contributed by atoms with Crippen LogP contribution in [0.4, 0.5) is 0 Å². The van der Waals surface area contributed by atoms with E-state index in [2.05, 4.69) is 0 Å². The summed E-state index contributed by atoms with van der Waals surface area (Å²) in [6, 6.07) is 0. The van der Waals surface area contributed by atoms with Gasteiger partial charge in [-0.2, -0.15) is 0 Å². The molecule has 0 unspecified atom stereocenters. The Morgan fingerprint density at radius 3 is 0.889 bits per heavy atom. The van der Waals surface area contributed by atoms with E-state index in [9.17, 15) is 0 Å². The topological polar surface area (TPSA) is 0 Å². The van der Waals surface area contributed by atoms with Gasteiger partial charge in [0.25, 0.3) is 0 Å². The third-order valence-corrected chi connectivity index (χ3v) is 1.20. The summed E-state index contributed by atoms with van der Waals surface area (Å²) in [6.45, 7) is 0. The van der Waals surface area contributed by atoms with Crippen molar-refractivity contribution in [3.05, 3.63) is 0 Å². The predicted octanol–water partition coefficient (Wildman–Crippen LogP) is 4.12. The van der Waals surface area contributed by atoms with Gasteiger partial charge in [0, 0.05) is 6.42 Å². The van der Waals surface area contributed by atoms with E-state index in [1.807, 2.05) is 0 Å². The van der Waals surface area contributed by atoms with Gasteiger partial charge < -0.3 is 0 Å². The summed E-state index contributed by atoms with van der Waals surface area (Å²) in [6.07, 6.45) is -0.116. The molecule has 56 valence electrons. The fourth-order valence-corrected chi connectivity index (χ4v) is 2.05. The van der Waals surface area contributed by atoms with Gasteiger partial charge in [0.1, 0.15) is 0 Å². The molecule has 0 aromatic heterocycles. The average Bonchev–Trinajstić information content (AvgIpc) is 1.14. The van der Waals surface area contributed by atoms with Crippen LogP contribution in [0.5, 0.6) is 0 Å². The van der Waals surface area contributed by atoms with Crippen LogP contribution < -0.4 is 0 Å². The number of hydrogen-bond donors (Lipinski definition) is 0. The summed E-state index contributed by atoms with van der Waals surface area (Å²) in [4.78, 5) is 0. The fraction of sp³-hybridized carbons (Fsp3) is 1.00. The molecule has 0 bridgehead atoms. The zero-order chi connectivity index (χ0) is 7.71. The van der Waals surface area contributed by atoms with Crippen LogP contribution in [0.3, 0.4) is 0 Å². The molecule has 0 aliphatic carbocycles. The van der Waals surface area contributed by atoms with Crippen molar-refractivity contribution < 1.29 is 0 Å². The van der Waals surface area contributed by atoms with E-state index < -0.39 is 7.59 Å². The summed E-state index contributed by atoms with van der Waals surface area (Å²) < 4.78 is -2.99. The molecule has 0 nitrogen and oxygen atoms in total. The SMILES string of the molecule is Cl[13C](Cl)(Cl)[13CH2][13C](Cl)(Cl)Cl. The van der Waals surface area contributed by atoms with Gasteiger partial charge >= 0.3 is 0 Å². The predicted molar refractivity (Wildman–Crippen MR) is 45.2 cm³/mol. The molecule has 0 spiro atoms. The highest BCUT2D eigenvalue weighted by Crippen LogP contribution is 2.42. The van der Waals surface area contributed by atoms with Crippen molar-refractivity contribution in [1.29, 1.82) is 0 Å². The van der Waals surface area contributed by atoms with Crippen molar-refractivity contribution in [2.45, 2.75) is 14.0 Å². The lowest BCUT2D eigenvalue weighted by molar-refractivity contribution is 0.889. The number of hydrogen-bond acceptors (Lipinski definition) is 0. The molecule has 0 radical (unpaired) electrons. The van der Waals surface area contributed by atoms with Crippen molar-refractivity contribution in [3.63, 3.8) is 0 Å². The molecule has 0 aromatic carbocycles. The number of alkyl halides is 6. The number of rotatable bonds is 0. The Kier molecular flexibility index (Phi) is 4.09. The van der Waals surface area contributed by atoms with Crippen LogP contribution in [-0.2, 0) is 0 Å². The molecule has 0 aliphatic heterocycles. The minimum Gasteiger partial charge on any atom is -0.0835 e. The Balaban J connectivity index is 3.75. The van der Waals surface area contributed by atoms with Gasteiger partial charge in [-0.05, 0) is 0 Å². The maximum absolute atomic E-state index is 5.30. The highest BCUT2D eigenvalue weighted by Gasteiger charge is 2.32. The van der Waals surface area contributed by atoms with Gasteiger partial charge in [-0.3, -0.25) is 0 Å². The first-order valence-electron chi connectivity index (χ1n) is 1.84. The van der Waals surface area contributed by atoms with E-state index in [-0.39, 0.29) is 6.42 Å². The minimum absolute atomic E-state index is 0.116. The normalized spacial score (nSPS) is 14.0. The second-order valence-electron chi connectivity index (χ2n) is 1.41. The molecular formula is C3H2Cl6. The van der Waals surface area contributed by atoms with Crippen molar-refractivity contribution >= 4 is 69.6 Å². The molecule has 0 amide bonds. The van der Waals surface area contributed by atoms with Crippen LogP contribution in [0.1, 0.15) is 6.42 Å². The van der Waals surface area contributed by atoms with Gasteiger partial charge in [-0.1, -0.05) is 69.6 Å². The summed E-state index contributed by atoms with van der Waals surface area (Å²) in [5.74, 6) is 0. The van der Waals surface area contributed by atoms with Gasteiger partial charge in [-0.25, -0.2) is 0 Å². The van der Waals surface area contributed by atoms with Crippen LogP contribution in [0.2, 0.25) is 0 Å². The van der Waals surface area contributed by atoms with Crippen LogP contribution >= 0.6 is 69.6 Å². The Hall–Kier alpha value is 1.74. The molecule has 0 saturated heterocycles. The van der Waals surface area contributed by atoms with Gasteiger partial charge in [0.05, 0.1) is 0 Å². The van der Waals surface area contributed by atoms with Gasteiger partial charge in [0.15, 0.2) is 7.59 Å². The molecule has 0 fully saturated rings. The molecular weight excluding hydrogens is 252 g/mol. The molecule has 0 rings (SSSR count). The Morgan fingerprint density at radius 2 is 0.889 bits per heavy atom. The lowest BCUT2D eigenvalue weighted by atomic mass is 11.5. The van der Waals surface area contributed by atoms with E-state index in [1.54, 1.807) is 0 Å².